The predicted molar refractivity (Wildman–Crippen MR) is 154 cm³/mol. The molecule has 216 valence electrons. The molecule has 0 saturated carbocycles. The van der Waals surface area contributed by atoms with Crippen LogP contribution in [0.2, 0.25) is 0 Å². The average molecular weight is 565 g/mol. The van der Waals surface area contributed by atoms with E-state index in [2.05, 4.69) is 20.9 Å². The predicted octanol–water partition coefficient (Wildman–Crippen LogP) is 6.09. The zero-order chi connectivity index (χ0) is 28.9. The van der Waals surface area contributed by atoms with Crippen LogP contribution in [0.15, 0.2) is 78.9 Å². The first-order chi connectivity index (χ1) is 19.8. The number of carbonyl (C=O) groups excluding carboxylic acids is 2. The van der Waals surface area contributed by atoms with Gasteiger partial charge in [0, 0.05) is 24.8 Å². The monoisotopic (exact) mass is 564 g/mol. The number of anilines is 1. The molecule has 3 N–H and O–H groups in total. The number of rotatable bonds is 9. The van der Waals surface area contributed by atoms with E-state index >= 15 is 0 Å². The fourth-order valence-corrected chi connectivity index (χ4v) is 6.18. The van der Waals surface area contributed by atoms with Crippen LogP contribution < -0.4 is 16.0 Å². The third-order valence-electron chi connectivity index (χ3n) is 8.13. The van der Waals surface area contributed by atoms with Crippen molar-refractivity contribution < 1.29 is 22.8 Å². The second-order valence-electron chi connectivity index (χ2n) is 10.8. The maximum absolute atomic E-state index is 13.6. The number of nitrogens with zero attached hydrogens (tertiary/aromatic N) is 1. The van der Waals surface area contributed by atoms with Crippen LogP contribution in [-0.2, 0) is 10.2 Å². The molecule has 0 aromatic heterocycles. The number of fused-ring (bicyclic) bond motifs is 3. The van der Waals surface area contributed by atoms with E-state index in [0.717, 1.165) is 66.8 Å². The van der Waals surface area contributed by atoms with Crippen LogP contribution in [0, 0.1) is 0 Å². The lowest BCUT2D eigenvalue weighted by molar-refractivity contribution is -0.141. The number of benzene rings is 3. The number of nitrogens with one attached hydrogen (secondary N) is 3. The fraction of sp³-hybridized carbons (Fsp3) is 0.375. The molecule has 1 aliphatic heterocycles. The molecule has 0 spiro atoms. The summed E-state index contributed by atoms with van der Waals surface area (Å²) in [5, 5.41) is 8.10. The van der Waals surface area contributed by atoms with Crippen molar-refractivity contribution in [3.63, 3.8) is 0 Å². The summed E-state index contributed by atoms with van der Waals surface area (Å²) < 4.78 is 39.2. The maximum atomic E-state index is 13.6. The normalized spacial score (nSPS) is 16.5. The number of amides is 3. The second-order valence-corrected chi connectivity index (χ2v) is 10.8. The van der Waals surface area contributed by atoms with Crippen molar-refractivity contribution >= 4 is 17.6 Å². The minimum absolute atomic E-state index is 0.0991. The molecule has 3 aromatic carbocycles. The first kappa shape index (κ1) is 28.7. The van der Waals surface area contributed by atoms with Gasteiger partial charge in [0.1, 0.15) is 12.0 Å². The number of unbranched alkanes of at least 4 members (excludes halogenated alkanes) is 1. The Bertz CT molecular complexity index is 1310. The number of likely N-dealkylation sites (tertiary alicyclic amines) is 1. The maximum Gasteiger partial charge on any atom is 0.405 e. The van der Waals surface area contributed by atoms with Crippen molar-refractivity contribution in [2.24, 2.45) is 0 Å². The van der Waals surface area contributed by atoms with Crippen LogP contribution >= 0.6 is 0 Å². The van der Waals surface area contributed by atoms with E-state index in [1.165, 1.54) is 0 Å². The Morgan fingerprint density at radius 2 is 1.41 bits per heavy atom. The van der Waals surface area contributed by atoms with Gasteiger partial charge in [-0.3, -0.25) is 4.79 Å². The lowest BCUT2D eigenvalue weighted by atomic mass is 9.73. The third-order valence-corrected chi connectivity index (χ3v) is 8.13. The minimum Gasteiger partial charge on any atom is -0.346 e. The molecule has 2 aliphatic rings. The summed E-state index contributed by atoms with van der Waals surface area (Å²) in [7, 11) is 0. The first-order valence-corrected chi connectivity index (χ1v) is 14.2. The molecule has 5 rings (SSSR count). The molecular formula is C32H35F3N4O2. The van der Waals surface area contributed by atoms with Gasteiger partial charge in [0.15, 0.2) is 0 Å². The van der Waals surface area contributed by atoms with Gasteiger partial charge in [0.2, 0.25) is 5.91 Å². The van der Waals surface area contributed by atoms with Gasteiger partial charge < -0.3 is 20.9 Å². The van der Waals surface area contributed by atoms with E-state index in [9.17, 15) is 22.8 Å². The smallest absolute Gasteiger partial charge is 0.346 e. The minimum atomic E-state index is -4.49. The summed E-state index contributed by atoms with van der Waals surface area (Å²) in [5.74, 6) is -0.604. The summed E-state index contributed by atoms with van der Waals surface area (Å²) in [6.07, 6.45) is -0.898. The zero-order valence-corrected chi connectivity index (χ0v) is 22.8. The molecule has 3 amide bonds. The Morgan fingerprint density at radius 3 is 2.02 bits per heavy atom. The largest absolute Gasteiger partial charge is 0.405 e. The van der Waals surface area contributed by atoms with Crippen LogP contribution in [-0.4, -0.2) is 55.2 Å². The standard InChI is InChI=1S/C32H35F3N4O2/c33-32(34,35)22-36-29(40)31(27-14-6-4-12-25(27)26-13-5-7-15-28(26)31)18-8-9-19-39-20-16-24(17-21-39)38-30(41)37-23-10-2-1-3-11-23/h1-7,10-15,24H,8-9,16-22H2,(H,36,40)(H2,37,38,41). The molecule has 1 saturated heterocycles. The topological polar surface area (TPSA) is 73.5 Å². The number of hydrogen-bond acceptors (Lipinski definition) is 3. The number of urea groups is 1. The zero-order valence-electron chi connectivity index (χ0n) is 22.8. The Morgan fingerprint density at radius 1 is 0.829 bits per heavy atom. The number of alkyl halides is 3. The Hall–Kier alpha value is -3.85. The molecule has 1 fully saturated rings. The van der Waals surface area contributed by atoms with E-state index in [1.54, 1.807) is 0 Å². The second kappa shape index (κ2) is 12.3. The molecule has 1 heterocycles. The van der Waals surface area contributed by atoms with Gasteiger partial charge in [0.25, 0.3) is 0 Å². The van der Waals surface area contributed by atoms with Crippen LogP contribution in [0.25, 0.3) is 11.1 Å². The highest BCUT2D eigenvalue weighted by molar-refractivity contribution is 6.00. The fourth-order valence-electron chi connectivity index (χ4n) is 6.18. The van der Waals surface area contributed by atoms with E-state index < -0.39 is 24.0 Å². The summed E-state index contributed by atoms with van der Waals surface area (Å²) >= 11 is 0. The van der Waals surface area contributed by atoms with Gasteiger partial charge in [-0.15, -0.1) is 0 Å². The van der Waals surface area contributed by atoms with Crippen molar-refractivity contribution in [1.29, 1.82) is 0 Å². The molecule has 3 aromatic rings. The van der Waals surface area contributed by atoms with Crippen LogP contribution in [0.3, 0.4) is 0 Å². The van der Waals surface area contributed by atoms with Crippen LogP contribution in [0.1, 0.15) is 43.2 Å². The van der Waals surface area contributed by atoms with Gasteiger partial charge >= 0.3 is 12.2 Å². The van der Waals surface area contributed by atoms with Crippen LogP contribution in [0.4, 0.5) is 23.7 Å². The van der Waals surface area contributed by atoms with Crippen molar-refractivity contribution in [1.82, 2.24) is 15.5 Å². The highest BCUT2D eigenvalue weighted by Crippen LogP contribution is 2.51. The molecule has 1 aliphatic carbocycles. The molecule has 0 unspecified atom stereocenters. The number of hydrogen-bond donors (Lipinski definition) is 3. The summed E-state index contributed by atoms with van der Waals surface area (Å²) in [5.41, 5.74) is 2.91. The third kappa shape index (κ3) is 6.56. The Labute approximate surface area is 238 Å². The van der Waals surface area contributed by atoms with Crippen LogP contribution in [0.5, 0.6) is 0 Å². The molecular weight excluding hydrogens is 529 g/mol. The van der Waals surface area contributed by atoms with E-state index in [4.69, 9.17) is 0 Å². The number of halogens is 3. The SMILES string of the molecule is O=C(Nc1ccccc1)NC1CCN(CCCCC2(C(=O)NCC(F)(F)F)c3ccccc3-c3ccccc32)CC1. The number of para-hydroxylation sites is 1. The Balaban J connectivity index is 1.18. The lowest BCUT2D eigenvalue weighted by Crippen LogP contribution is -2.47. The summed E-state index contributed by atoms with van der Waals surface area (Å²) in [6.45, 7) is 1.16. The Kier molecular flexibility index (Phi) is 8.63. The number of piperidine rings is 1. The first-order valence-electron chi connectivity index (χ1n) is 14.2. The lowest BCUT2D eigenvalue weighted by Gasteiger charge is -2.33. The highest BCUT2D eigenvalue weighted by Gasteiger charge is 2.49. The van der Waals surface area contributed by atoms with Gasteiger partial charge in [-0.2, -0.15) is 13.2 Å². The van der Waals surface area contributed by atoms with Gasteiger partial charge in [-0.1, -0.05) is 73.2 Å². The average Bonchev–Trinajstić information content (AvgIpc) is 3.26. The summed E-state index contributed by atoms with van der Waals surface area (Å²) in [4.78, 5) is 28.3. The van der Waals surface area contributed by atoms with E-state index in [-0.39, 0.29) is 12.1 Å². The molecule has 6 nitrogen and oxygen atoms in total. The highest BCUT2D eigenvalue weighted by atomic mass is 19.4. The van der Waals surface area contributed by atoms with Crippen molar-refractivity contribution in [2.45, 2.75) is 49.7 Å². The molecule has 9 heteroatoms. The molecule has 41 heavy (non-hydrogen) atoms. The molecule has 0 bridgehead atoms. The molecule has 0 radical (unpaired) electrons. The van der Waals surface area contributed by atoms with Crippen molar-refractivity contribution in [3.05, 3.63) is 90.0 Å². The van der Waals surface area contributed by atoms with E-state index in [0.29, 0.717) is 12.8 Å². The molecule has 0 atom stereocenters. The van der Waals surface area contributed by atoms with E-state index in [1.807, 2.05) is 78.9 Å². The van der Waals surface area contributed by atoms with Gasteiger partial charge in [-0.25, -0.2) is 4.79 Å². The van der Waals surface area contributed by atoms with Crippen molar-refractivity contribution in [3.8, 4) is 11.1 Å². The quantitative estimate of drug-likeness (QED) is 0.276. The van der Waals surface area contributed by atoms with Gasteiger partial charge in [-0.05, 0) is 66.6 Å². The summed E-state index contributed by atoms with van der Waals surface area (Å²) in [6, 6.07) is 24.3. The number of carbonyl (C=O) groups is 2. The van der Waals surface area contributed by atoms with Crippen molar-refractivity contribution in [2.75, 3.05) is 31.5 Å². The van der Waals surface area contributed by atoms with Gasteiger partial charge in [0.05, 0.1) is 0 Å².